The van der Waals surface area contributed by atoms with Crippen molar-refractivity contribution in [2.75, 3.05) is 26.2 Å². The molecule has 8 heteroatoms. The highest BCUT2D eigenvalue weighted by Crippen LogP contribution is 2.23. The number of halogens is 1. The van der Waals surface area contributed by atoms with E-state index >= 15 is 0 Å². The number of aromatic nitrogens is 2. The Hall–Kier alpha value is -2.55. The molecular weight excluding hydrogens is 530 g/mol. The van der Waals surface area contributed by atoms with Gasteiger partial charge in [-0.15, -0.1) is 0 Å². The van der Waals surface area contributed by atoms with E-state index in [0.29, 0.717) is 31.3 Å². The molecule has 0 spiro atoms. The van der Waals surface area contributed by atoms with E-state index in [-0.39, 0.29) is 11.8 Å². The molecule has 1 aromatic heterocycles. The van der Waals surface area contributed by atoms with Gasteiger partial charge in [0.1, 0.15) is 0 Å². The van der Waals surface area contributed by atoms with Crippen molar-refractivity contribution in [2.45, 2.75) is 52.2 Å². The Morgan fingerprint density at radius 1 is 1.03 bits per heavy atom. The SMILES string of the molecule is CC1CCN(Cc2cccc(CNC(=O)C3CCCN(Cc4nc(-c5cccc(Br)c5)no4)C3)c2)CC1. The van der Waals surface area contributed by atoms with Gasteiger partial charge in [0.15, 0.2) is 0 Å². The summed E-state index contributed by atoms with van der Waals surface area (Å²) in [4.78, 5) is 22.4. The van der Waals surface area contributed by atoms with E-state index in [0.717, 1.165) is 47.4 Å². The van der Waals surface area contributed by atoms with Gasteiger partial charge >= 0.3 is 0 Å². The largest absolute Gasteiger partial charge is 0.352 e. The number of benzene rings is 2. The summed E-state index contributed by atoms with van der Waals surface area (Å²) in [5, 5.41) is 7.33. The summed E-state index contributed by atoms with van der Waals surface area (Å²) in [6.45, 7) is 8.44. The van der Waals surface area contributed by atoms with Crippen molar-refractivity contribution >= 4 is 21.8 Å². The third-order valence-electron chi connectivity index (χ3n) is 7.53. The topological polar surface area (TPSA) is 74.5 Å². The highest BCUT2D eigenvalue weighted by atomic mass is 79.9. The van der Waals surface area contributed by atoms with Gasteiger partial charge in [-0.2, -0.15) is 4.98 Å². The Labute approximate surface area is 227 Å². The summed E-state index contributed by atoms with van der Waals surface area (Å²) in [5.74, 6) is 2.10. The van der Waals surface area contributed by atoms with Crippen molar-refractivity contribution in [3.05, 3.63) is 70.0 Å². The van der Waals surface area contributed by atoms with Gasteiger partial charge in [-0.1, -0.05) is 64.4 Å². The second-order valence-electron chi connectivity index (χ2n) is 10.6. The Kier molecular flexibility index (Phi) is 8.69. The minimum absolute atomic E-state index is 0.0280. The molecule has 7 nitrogen and oxygen atoms in total. The lowest BCUT2D eigenvalue weighted by Crippen LogP contribution is -2.42. The van der Waals surface area contributed by atoms with Gasteiger partial charge in [-0.05, 0) is 74.5 Å². The molecule has 5 rings (SSSR count). The molecule has 1 unspecified atom stereocenters. The van der Waals surface area contributed by atoms with E-state index in [4.69, 9.17) is 4.52 Å². The maximum atomic E-state index is 13.0. The van der Waals surface area contributed by atoms with Crippen LogP contribution in [0.3, 0.4) is 0 Å². The molecule has 2 aliphatic heterocycles. The van der Waals surface area contributed by atoms with E-state index in [2.05, 4.69) is 72.4 Å². The van der Waals surface area contributed by atoms with Crippen LogP contribution in [0.25, 0.3) is 11.4 Å². The van der Waals surface area contributed by atoms with Crippen LogP contribution in [-0.2, 0) is 24.4 Å². The number of hydrogen-bond acceptors (Lipinski definition) is 6. The Bertz CT molecular complexity index is 1190. The van der Waals surface area contributed by atoms with Crippen LogP contribution in [0.4, 0.5) is 0 Å². The van der Waals surface area contributed by atoms with Crippen LogP contribution >= 0.6 is 15.9 Å². The van der Waals surface area contributed by atoms with E-state index in [9.17, 15) is 4.79 Å². The predicted octanol–water partition coefficient (Wildman–Crippen LogP) is 5.26. The first-order valence-electron chi connectivity index (χ1n) is 13.4. The van der Waals surface area contributed by atoms with Crippen molar-refractivity contribution in [2.24, 2.45) is 11.8 Å². The van der Waals surface area contributed by atoms with Crippen LogP contribution in [0.15, 0.2) is 57.5 Å². The molecule has 3 heterocycles. The summed E-state index contributed by atoms with van der Waals surface area (Å²) < 4.78 is 6.49. The van der Waals surface area contributed by atoms with Gasteiger partial charge in [0.25, 0.3) is 0 Å². The highest BCUT2D eigenvalue weighted by Gasteiger charge is 2.27. The second-order valence-corrected chi connectivity index (χ2v) is 11.5. The molecule has 196 valence electrons. The standard InChI is InChI=1S/C29H36BrN5O2/c1-21-10-13-34(14-11-21)18-23-6-2-5-22(15-23)17-31-29(36)25-8-4-12-35(19-25)20-27-32-28(33-37-27)24-7-3-9-26(30)16-24/h2-3,5-7,9,15-16,21,25H,4,8,10-14,17-20H2,1H3,(H,31,36). The smallest absolute Gasteiger partial charge is 0.241 e. The molecule has 0 aliphatic carbocycles. The average molecular weight is 567 g/mol. The Balaban J connectivity index is 1.11. The van der Waals surface area contributed by atoms with Crippen LogP contribution in [0.2, 0.25) is 0 Å². The maximum absolute atomic E-state index is 13.0. The monoisotopic (exact) mass is 565 g/mol. The molecule has 37 heavy (non-hydrogen) atoms. The Morgan fingerprint density at radius 3 is 2.68 bits per heavy atom. The van der Waals surface area contributed by atoms with Gasteiger partial charge in [-0.25, -0.2) is 0 Å². The fraction of sp³-hybridized carbons (Fsp3) is 0.483. The number of amides is 1. The summed E-state index contributed by atoms with van der Waals surface area (Å²) >= 11 is 3.48. The molecule has 2 saturated heterocycles. The van der Waals surface area contributed by atoms with Crippen molar-refractivity contribution in [3.63, 3.8) is 0 Å². The number of hydrogen-bond donors (Lipinski definition) is 1. The molecule has 3 aromatic rings. The number of likely N-dealkylation sites (tertiary alicyclic amines) is 2. The molecule has 0 saturated carbocycles. The van der Waals surface area contributed by atoms with Crippen molar-refractivity contribution in [3.8, 4) is 11.4 Å². The number of nitrogens with one attached hydrogen (secondary N) is 1. The van der Waals surface area contributed by atoms with E-state index in [1.807, 2.05) is 24.3 Å². The van der Waals surface area contributed by atoms with Gasteiger partial charge in [0, 0.05) is 29.7 Å². The molecule has 2 fully saturated rings. The van der Waals surface area contributed by atoms with Crippen molar-refractivity contribution in [1.82, 2.24) is 25.3 Å². The Morgan fingerprint density at radius 2 is 1.84 bits per heavy atom. The zero-order valence-corrected chi connectivity index (χ0v) is 23.1. The van der Waals surface area contributed by atoms with Gasteiger partial charge in [-0.3, -0.25) is 14.6 Å². The minimum atomic E-state index is -0.0280. The fourth-order valence-electron chi connectivity index (χ4n) is 5.32. The van der Waals surface area contributed by atoms with Crippen LogP contribution in [0.1, 0.15) is 49.6 Å². The summed E-state index contributed by atoms with van der Waals surface area (Å²) in [6.07, 6.45) is 4.46. The lowest BCUT2D eigenvalue weighted by molar-refractivity contribution is -0.127. The molecule has 1 N–H and O–H groups in total. The molecule has 1 atom stereocenters. The quantitative estimate of drug-likeness (QED) is 0.401. The number of nitrogens with zero attached hydrogens (tertiary/aromatic N) is 4. The average Bonchev–Trinajstić information content (AvgIpc) is 3.37. The summed E-state index contributed by atoms with van der Waals surface area (Å²) in [5.41, 5.74) is 3.40. The third-order valence-corrected chi connectivity index (χ3v) is 8.02. The normalized spacial score (nSPS) is 19.7. The number of rotatable bonds is 8. The number of piperidine rings is 2. The first-order chi connectivity index (χ1) is 18.0. The molecular formula is C29H36BrN5O2. The molecule has 2 aromatic carbocycles. The molecule has 2 aliphatic rings. The fourth-order valence-corrected chi connectivity index (χ4v) is 5.72. The van der Waals surface area contributed by atoms with E-state index in [1.165, 1.54) is 31.5 Å². The van der Waals surface area contributed by atoms with E-state index < -0.39 is 0 Å². The minimum Gasteiger partial charge on any atom is -0.352 e. The predicted molar refractivity (Wildman–Crippen MR) is 147 cm³/mol. The lowest BCUT2D eigenvalue weighted by atomic mass is 9.97. The number of carbonyl (C=O) groups is 1. The van der Waals surface area contributed by atoms with Gasteiger partial charge < -0.3 is 9.84 Å². The molecule has 0 radical (unpaired) electrons. The first-order valence-corrected chi connectivity index (χ1v) is 14.2. The van der Waals surface area contributed by atoms with Gasteiger partial charge in [0.2, 0.25) is 17.6 Å². The highest BCUT2D eigenvalue weighted by molar-refractivity contribution is 9.10. The molecule has 1 amide bonds. The third kappa shape index (κ3) is 7.27. The van der Waals surface area contributed by atoms with Crippen LogP contribution in [0, 0.1) is 11.8 Å². The lowest BCUT2D eigenvalue weighted by Gasteiger charge is -2.31. The summed E-state index contributed by atoms with van der Waals surface area (Å²) in [7, 11) is 0. The maximum Gasteiger partial charge on any atom is 0.241 e. The summed E-state index contributed by atoms with van der Waals surface area (Å²) in [6, 6.07) is 16.5. The second kappa shape index (κ2) is 12.3. The van der Waals surface area contributed by atoms with Crippen LogP contribution in [-0.4, -0.2) is 52.0 Å². The van der Waals surface area contributed by atoms with Crippen LogP contribution in [0.5, 0.6) is 0 Å². The van der Waals surface area contributed by atoms with Crippen molar-refractivity contribution < 1.29 is 9.32 Å². The number of carbonyl (C=O) groups excluding carboxylic acids is 1. The zero-order chi connectivity index (χ0) is 25.6. The van der Waals surface area contributed by atoms with Gasteiger partial charge in [0.05, 0.1) is 12.5 Å². The van der Waals surface area contributed by atoms with Crippen LogP contribution < -0.4 is 5.32 Å². The van der Waals surface area contributed by atoms with E-state index in [1.54, 1.807) is 0 Å². The zero-order valence-electron chi connectivity index (χ0n) is 21.5. The first kappa shape index (κ1) is 26.1. The van der Waals surface area contributed by atoms with Crippen molar-refractivity contribution in [1.29, 1.82) is 0 Å². The molecule has 0 bridgehead atoms.